The fraction of sp³-hybridized carbons (Fsp3) is 0.529. The first-order chi connectivity index (χ1) is 11.7. The maximum Gasteiger partial charge on any atom is 0.321 e. The number of hydrogen-bond acceptors (Lipinski definition) is 4. The van der Waals surface area contributed by atoms with Crippen LogP contribution in [0.25, 0.3) is 0 Å². The van der Waals surface area contributed by atoms with E-state index in [2.05, 4.69) is 16.0 Å². The van der Waals surface area contributed by atoms with E-state index < -0.39 is 0 Å². The van der Waals surface area contributed by atoms with Crippen molar-refractivity contribution in [1.82, 2.24) is 10.2 Å². The second-order valence-electron chi connectivity index (χ2n) is 6.15. The summed E-state index contributed by atoms with van der Waals surface area (Å²) in [4.78, 5) is 26.4. The number of thioether (sulfide) groups is 1. The van der Waals surface area contributed by atoms with E-state index in [1.54, 1.807) is 0 Å². The average Bonchev–Trinajstić information content (AvgIpc) is 3.12. The van der Waals surface area contributed by atoms with E-state index in [1.807, 2.05) is 40.9 Å². The van der Waals surface area contributed by atoms with Crippen molar-refractivity contribution in [3.05, 3.63) is 24.3 Å². The van der Waals surface area contributed by atoms with Crippen molar-refractivity contribution < 1.29 is 9.59 Å². The molecular formula is C17H25ClN4O2S. The number of para-hydroxylation sites is 2. The number of nitrogens with zero attached hydrogens (tertiary/aromatic N) is 1. The van der Waals surface area contributed by atoms with Crippen LogP contribution in [0.15, 0.2) is 24.3 Å². The van der Waals surface area contributed by atoms with Crippen molar-refractivity contribution in [2.75, 3.05) is 41.8 Å². The van der Waals surface area contributed by atoms with Crippen molar-refractivity contribution in [1.29, 1.82) is 0 Å². The Kier molecular flexibility index (Phi) is 7.87. The van der Waals surface area contributed by atoms with Gasteiger partial charge in [0.2, 0.25) is 5.91 Å². The molecule has 0 spiro atoms. The summed E-state index contributed by atoms with van der Waals surface area (Å²) in [5.41, 5.74) is 1.30. The molecule has 2 aliphatic heterocycles. The molecule has 1 unspecified atom stereocenters. The summed E-state index contributed by atoms with van der Waals surface area (Å²) < 4.78 is 0. The third-order valence-electron chi connectivity index (χ3n) is 4.27. The van der Waals surface area contributed by atoms with Crippen molar-refractivity contribution in [2.45, 2.75) is 25.3 Å². The molecule has 1 aromatic rings. The molecule has 0 radical (unpaired) electrons. The normalized spacial score (nSPS) is 19.8. The van der Waals surface area contributed by atoms with Crippen molar-refractivity contribution in [2.24, 2.45) is 0 Å². The Morgan fingerprint density at radius 3 is 2.48 bits per heavy atom. The predicted octanol–water partition coefficient (Wildman–Crippen LogP) is 2.77. The first-order valence-electron chi connectivity index (χ1n) is 8.48. The second kappa shape index (κ2) is 9.89. The van der Waals surface area contributed by atoms with E-state index in [0.717, 1.165) is 44.0 Å². The van der Waals surface area contributed by atoms with Gasteiger partial charge in [-0.3, -0.25) is 4.79 Å². The quantitative estimate of drug-likeness (QED) is 0.746. The van der Waals surface area contributed by atoms with Gasteiger partial charge < -0.3 is 20.9 Å². The minimum absolute atomic E-state index is 0. The van der Waals surface area contributed by atoms with Gasteiger partial charge in [0.1, 0.15) is 0 Å². The molecule has 3 amide bonds. The molecule has 0 aromatic heterocycles. The SMILES string of the molecule is Cl.O=C(CC1CSCCN1)Nc1ccccc1NC(=O)N1CCCC1. The molecule has 0 aliphatic carbocycles. The summed E-state index contributed by atoms with van der Waals surface area (Å²) in [6.45, 7) is 2.54. The van der Waals surface area contributed by atoms with Gasteiger partial charge >= 0.3 is 6.03 Å². The number of amides is 3. The summed E-state index contributed by atoms with van der Waals surface area (Å²) in [5, 5.41) is 9.21. The molecule has 1 aromatic carbocycles. The minimum atomic E-state index is -0.0976. The Morgan fingerprint density at radius 2 is 1.84 bits per heavy atom. The third-order valence-corrected chi connectivity index (χ3v) is 5.40. The summed E-state index contributed by atoms with van der Waals surface area (Å²) in [6.07, 6.45) is 2.55. The van der Waals surface area contributed by atoms with Gasteiger partial charge in [0, 0.05) is 43.6 Å². The molecule has 3 N–H and O–H groups in total. The Labute approximate surface area is 158 Å². The molecule has 1 atom stereocenters. The highest BCUT2D eigenvalue weighted by Gasteiger charge is 2.20. The topological polar surface area (TPSA) is 73.5 Å². The Morgan fingerprint density at radius 1 is 1.16 bits per heavy atom. The highest BCUT2D eigenvalue weighted by molar-refractivity contribution is 7.99. The van der Waals surface area contributed by atoms with Gasteiger partial charge in [0.25, 0.3) is 0 Å². The number of likely N-dealkylation sites (tertiary alicyclic amines) is 1. The number of urea groups is 1. The fourth-order valence-electron chi connectivity index (χ4n) is 2.99. The third kappa shape index (κ3) is 5.80. The molecule has 2 fully saturated rings. The van der Waals surface area contributed by atoms with E-state index in [-0.39, 0.29) is 30.4 Å². The second-order valence-corrected chi connectivity index (χ2v) is 7.30. The first kappa shape index (κ1) is 19.9. The van der Waals surface area contributed by atoms with Gasteiger partial charge in [-0.15, -0.1) is 12.4 Å². The maximum absolute atomic E-state index is 12.3. The zero-order chi connectivity index (χ0) is 16.8. The number of benzene rings is 1. The first-order valence-corrected chi connectivity index (χ1v) is 9.64. The molecule has 2 aliphatic rings. The Hall–Kier alpha value is -1.44. The van der Waals surface area contributed by atoms with Crippen LogP contribution in [0.5, 0.6) is 0 Å². The van der Waals surface area contributed by atoms with Crippen LogP contribution < -0.4 is 16.0 Å². The predicted molar refractivity (Wildman–Crippen MR) is 106 cm³/mol. The van der Waals surface area contributed by atoms with E-state index in [1.165, 1.54) is 0 Å². The number of carbonyl (C=O) groups is 2. The highest BCUT2D eigenvalue weighted by atomic mass is 35.5. The van der Waals surface area contributed by atoms with Gasteiger partial charge in [0.05, 0.1) is 11.4 Å². The maximum atomic E-state index is 12.3. The number of nitrogens with one attached hydrogen (secondary N) is 3. The lowest BCUT2D eigenvalue weighted by Crippen LogP contribution is -2.40. The van der Waals surface area contributed by atoms with Crippen LogP contribution in [-0.4, -0.2) is 54.0 Å². The molecule has 8 heteroatoms. The zero-order valence-corrected chi connectivity index (χ0v) is 15.8. The molecule has 2 saturated heterocycles. The standard InChI is InChI=1S/C17H24N4O2S.ClH/c22-16(11-13-12-24-10-7-18-13)19-14-5-1-2-6-15(14)20-17(23)21-8-3-4-9-21;/h1-2,5-6,13,18H,3-4,7-12H2,(H,19,22)(H,20,23);1H. The van der Waals surface area contributed by atoms with Crippen LogP contribution in [0.3, 0.4) is 0 Å². The molecule has 6 nitrogen and oxygen atoms in total. The van der Waals surface area contributed by atoms with Gasteiger partial charge in [-0.05, 0) is 25.0 Å². The van der Waals surface area contributed by atoms with Gasteiger partial charge in [0.15, 0.2) is 0 Å². The average molecular weight is 385 g/mol. The molecule has 2 heterocycles. The van der Waals surface area contributed by atoms with Gasteiger partial charge in [-0.25, -0.2) is 4.79 Å². The molecular weight excluding hydrogens is 360 g/mol. The number of anilines is 2. The van der Waals surface area contributed by atoms with Crippen LogP contribution in [0.4, 0.5) is 16.2 Å². The largest absolute Gasteiger partial charge is 0.325 e. The molecule has 3 rings (SSSR count). The van der Waals surface area contributed by atoms with Gasteiger partial charge in [-0.2, -0.15) is 11.8 Å². The number of halogens is 1. The summed E-state index contributed by atoms with van der Waals surface area (Å²) >= 11 is 1.87. The summed E-state index contributed by atoms with van der Waals surface area (Å²) in [6, 6.07) is 7.47. The van der Waals surface area contributed by atoms with Crippen LogP contribution in [0.2, 0.25) is 0 Å². The minimum Gasteiger partial charge on any atom is -0.325 e. The van der Waals surface area contributed by atoms with Crippen molar-refractivity contribution >= 4 is 47.5 Å². The van der Waals surface area contributed by atoms with E-state index in [4.69, 9.17) is 0 Å². The smallest absolute Gasteiger partial charge is 0.321 e. The number of rotatable bonds is 4. The molecule has 25 heavy (non-hydrogen) atoms. The number of carbonyl (C=O) groups excluding carboxylic acids is 2. The monoisotopic (exact) mass is 384 g/mol. The number of hydrogen-bond donors (Lipinski definition) is 3. The highest BCUT2D eigenvalue weighted by Crippen LogP contribution is 2.23. The molecule has 0 saturated carbocycles. The van der Waals surface area contributed by atoms with Crippen LogP contribution in [-0.2, 0) is 4.79 Å². The molecule has 138 valence electrons. The van der Waals surface area contributed by atoms with Crippen LogP contribution in [0.1, 0.15) is 19.3 Å². The van der Waals surface area contributed by atoms with Crippen molar-refractivity contribution in [3.63, 3.8) is 0 Å². The lowest BCUT2D eigenvalue weighted by Gasteiger charge is -2.23. The Balaban J connectivity index is 0.00000225. The van der Waals surface area contributed by atoms with Crippen molar-refractivity contribution in [3.8, 4) is 0 Å². The zero-order valence-electron chi connectivity index (χ0n) is 14.1. The lowest BCUT2D eigenvalue weighted by atomic mass is 10.2. The summed E-state index contributed by atoms with van der Waals surface area (Å²) in [5.74, 6) is 2.03. The van der Waals surface area contributed by atoms with Crippen LogP contribution >= 0.6 is 24.2 Å². The lowest BCUT2D eigenvalue weighted by molar-refractivity contribution is -0.116. The van der Waals surface area contributed by atoms with E-state index >= 15 is 0 Å². The molecule has 0 bridgehead atoms. The summed E-state index contributed by atoms with van der Waals surface area (Å²) in [7, 11) is 0. The van der Waals surface area contributed by atoms with Gasteiger partial charge in [-0.1, -0.05) is 12.1 Å². The Bertz CT molecular complexity index is 590. The fourth-order valence-corrected chi connectivity index (χ4v) is 3.94. The van der Waals surface area contributed by atoms with E-state index in [9.17, 15) is 9.59 Å². The van der Waals surface area contributed by atoms with Crippen LogP contribution in [0, 0.1) is 0 Å². The van der Waals surface area contributed by atoms with E-state index in [0.29, 0.717) is 17.8 Å².